The van der Waals surface area contributed by atoms with Gasteiger partial charge in [0.2, 0.25) is 0 Å². The van der Waals surface area contributed by atoms with Gasteiger partial charge in [0.15, 0.2) is 0 Å². The molecule has 3 atom stereocenters. The number of hydrogen-bond acceptors (Lipinski definition) is 5. The molecule has 0 saturated heterocycles. The highest BCUT2D eigenvalue weighted by atomic mass is 15.2. The Labute approximate surface area is 245 Å². The third-order valence-corrected chi connectivity index (χ3v) is 9.94. The lowest BCUT2D eigenvalue weighted by Gasteiger charge is -2.45. The molecule has 41 heavy (non-hydrogen) atoms. The Morgan fingerprint density at radius 3 is 2.66 bits per heavy atom. The van der Waals surface area contributed by atoms with Crippen LogP contribution in [-0.2, 0) is 11.8 Å². The molecule has 2 saturated carbocycles. The molecule has 2 fully saturated rings. The van der Waals surface area contributed by atoms with Crippen LogP contribution in [-0.4, -0.2) is 48.5 Å². The molecule has 2 aliphatic carbocycles. The fourth-order valence-corrected chi connectivity index (χ4v) is 7.43. The third kappa shape index (κ3) is 5.88. The number of nitrogen functional groups attached to an aromatic ring is 1. The number of H-pyrrole nitrogens is 1. The number of aromatic nitrogens is 5. The maximum Gasteiger partial charge on any atom is 0.145 e. The Bertz CT molecular complexity index is 1490. The highest BCUT2D eigenvalue weighted by molar-refractivity contribution is 5.86. The molecule has 2 aliphatic rings. The van der Waals surface area contributed by atoms with Gasteiger partial charge in [-0.15, -0.1) is 0 Å². The summed E-state index contributed by atoms with van der Waals surface area (Å²) in [7, 11) is 0. The number of nitrogens with zero attached hydrogens (tertiary/aromatic N) is 5. The zero-order valence-corrected chi connectivity index (χ0v) is 25.9. The maximum absolute atomic E-state index is 6.12. The Kier molecular flexibility index (Phi) is 7.60. The van der Waals surface area contributed by atoms with Crippen molar-refractivity contribution in [1.29, 1.82) is 0 Å². The minimum Gasteiger partial charge on any atom is -0.383 e. The van der Waals surface area contributed by atoms with Crippen LogP contribution in [0, 0.1) is 23.7 Å². The van der Waals surface area contributed by atoms with Crippen LogP contribution in [0.5, 0.6) is 0 Å². The lowest BCUT2D eigenvalue weighted by atomic mass is 9.76. The van der Waals surface area contributed by atoms with Crippen molar-refractivity contribution in [3.05, 3.63) is 48.2 Å². The number of nitrogens with two attached hydrogens (primary N) is 1. The van der Waals surface area contributed by atoms with Crippen molar-refractivity contribution < 1.29 is 0 Å². The van der Waals surface area contributed by atoms with Crippen LogP contribution >= 0.6 is 0 Å². The van der Waals surface area contributed by atoms with E-state index < -0.39 is 0 Å². The fourth-order valence-electron chi connectivity index (χ4n) is 7.43. The average molecular weight is 556 g/mol. The minimum absolute atomic E-state index is 0.152. The molecule has 7 heteroatoms. The number of rotatable bonds is 9. The normalized spacial score (nSPS) is 25.1. The molecule has 220 valence electrons. The topological polar surface area (TPSA) is 88.7 Å². The van der Waals surface area contributed by atoms with E-state index in [2.05, 4.69) is 96.4 Å². The van der Waals surface area contributed by atoms with E-state index in [1.54, 1.807) is 6.33 Å². The summed E-state index contributed by atoms with van der Waals surface area (Å²) < 4.78 is 2.36. The molecule has 3 aromatic heterocycles. The van der Waals surface area contributed by atoms with E-state index in [9.17, 15) is 0 Å². The van der Waals surface area contributed by atoms with E-state index in [0.29, 0.717) is 29.6 Å². The summed E-state index contributed by atoms with van der Waals surface area (Å²) in [5, 5.41) is 0.975. The Morgan fingerprint density at radius 2 is 1.90 bits per heavy atom. The van der Waals surface area contributed by atoms with Crippen LogP contribution in [0.4, 0.5) is 5.82 Å². The second-order valence-electron chi connectivity index (χ2n) is 14.6. The van der Waals surface area contributed by atoms with Crippen LogP contribution in [0.1, 0.15) is 91.1 Å². The molecule has 0 spiro atoms. The van der Waals surface area contributed by atoms with E-state index in [-0.39, 0.29) is 5.41 Å². The molecule has 0 amide bonds. The second kappa shape index (κ2) is 11.0. The Hall–Kier alpha value is -2.93. The van der Waals surface area contributed by atoms with Gasteiger partial charge in [-0.05, 0) is 85.0 Å². The molecular weight excluding hydrogens is 506 g/mol. The van der Waals surface area contributed by atoms with Gasteiger partial charge in [0.25, 0.3) is 0 Å². The van der Waals surface area contributed by atoms with E-state index in [0.717, 1.165) is 40.8 Å². The molecule has 0 bridgehead atoms. The van der Waals surface area contributed by atoms with Gasteiger partial charge in [-0.1, -0.05) is 47.6 Å². The summed E-state index contributed by atoms with van der Waals surface area (Å²) in [6.45, 7) is 16.4. The summed E-state index contributed by atoms with van der Waals surface area (Å²) in [5.74, 6) is 4.62. The molecule has 3 unspecified atom stereocenters. The summed E-state index contributed by atoms with van der Waals surface area (Å²) in [6, 6.07) is 9.97. The number of nitrogens with one attached hydrogen (secondary N) is 1. The highest BCUT2D eigenvalue weighted by Crippen LogP contribution is 2.43. The molecule has 7 nitrogen and oxygen atoms in total. The summed E-state index contributed by atoms with van der Waals surface area (Å²) >= 11 is 0. The first-order valence-electron chi connectivity index (χ1n) is 15.8. The van der Waals surface area contributed by atoms with Gasteiger partial charge in [0.05, 0.1) is 16.4 Å². The molecule has 4 aromatic rings. The van der Waals surface area contributed by atoms with Crippen molar-refractivity contribution in [2.45, 2.75) is 97.6 Å². The summed E-state index contributed by atoms with van der Waals surface area (Å²) in [6.07, 6.45) is 11.1. The molecule has 0 radical (unpaired) electrons. The van der Waals surface area contributed by atoms with E-state index in [4.69, 9.17) is 10.7 Å². The predicted molar refractivity (Wildman–Crippen MR) is 169 cm³/mol. The van der Waals surface area contributed by atoms with Crippen molar-refractivity contribution >= 4 is 27.9 Å². The molecule has 3 N–H and O–H groups in total. The smallest absolute Gasteiger partial charge is 0.145 e. The number of hydrogen-bond donors (Lipinski definition) is 2. The molecule has 1 aromatic carbocycles. The minimum atomic E-state index is 0.152. The van der Waals surface area contributed by atoms with Crippen LogP contribution in [0.2, 0.25) is 0 Å². The number of benzene rings is 1. The predicted octanol–water partition coefficient (Wildman–Crippen LogP) is 7.14. The number of aryl methyl sites for hydroxylation is 1. The van der Waals surface area contributed by atoms with Crippen LogP contribution < -0.4 is 5.73 Å². The van der Waals surface area contributed by atoms with Crippen LogP contribution in [0.3, 0.4) is 0 Å². The van der Waals surface area contributed by atoms with Crippen molar-refractivity contribution in [2.75, 3.05) is 18.8 Å². The highest BCUT2D eigenvalue weighted by Gasteiger charge is 2.38. The van der Waals surface area contributed by atoms with Gasteiger partial charge in [0.1, 0.15) is 23.6 Å². The standard InChI is InChI=1S/C34H49N7/c1-21(2)18-40(19-24-16-27(13-22(24)3)41-12-11-28-32(35)36-20-37-33(28)41)26-14-23(15-26)7-10-31-38-29-9-8-25(34(4,5)6)17-30(29)39-31/h8-9,11-12,17,20-24,26-27H,7,10,13-16,18-19H2,1-6H3,(H,38,39)(H2,35,36,37). The lowest BCUT2D eigenvalue weighted by Crippen LogP contribution is -2.48. The first-order valence-corrected chi connectivity index (χ1v) is 15.8. The fraction of sp³-hybridized carbons (Fsp3) is 0.618. The zero-order chi connectivity index (χ0) is 28.9. The van der Waals surface area contributed by atoms with Crippen molar-refractivity contribution in [1.82, 2.24) is 29.4 Å². The van der Waals surface area contributed by atoms with Gasteiger partial charge >= 0.3 is 0 Å². The SMILES string of the molecule is CC(C)CN(CC1CC(n2ccc3c(N)ncnc32)CC1C)C1CC(CCc2nc3ccc(C(C)(C)C)cc3[nH]2)C1. The summed E-state index contributed by atoms with van der Waals surface area (Å²) in [4.78, 5) is 20.1. The van der Waals surface area contributed by atoms with Crippen molar-refractivity contribution in [2.24, 2.45) is 23.7 Å². The summed E-state index contributed by atoms with van der Waals surface area (Å²) in [5.41, 5.74) is 10.9. The monoisotopic (exact) mass is 555 g/mol. The Morgan fingerprint density at radius 1 is 1.10 bits per heavy atom. The van der Waals surface area contributed by atoms with Gasteiger partial charge in [-0.2, -0.15) is 0 Å². The average Bonchev–Trinajstić information content (AvgIpc) is 3.58. The van der Waals surface area contributed by atoms with Gasteiger partial charge in [-0.25, -0.2) is 15.0 Å². The number of aromatic amines is 1. The van der Waals surface area contributed by atoms with Crippen LogP contribution in [0.25, 0.3) is 22.1 Å². The third-order valence-electron chi connectivity index (χ3n) is 9.94. The van der Waals surface area contributed by atoms with E-state index in [1.807, 2.05) is 0 Å². The molecule has 3 heterocycles. The van der Waals surface area contributed by atoms with E-state index in [1.165, 1.54) is 56.3 Å². The van der Waals surface area contributed by atoms with Crippen LogP contribution in [0.15, 0.2) is 36.8 Å². The number of anilines is 1. The first-order chi connectivity index (χ1) is 19.5. The van der Waals surface area contributed by atoms with Crippen molar-refractivity contribution in [3.63, 3.8) is 0 Å². The zero-order valence-electron chi connectivity index (χ0n) is 25.9. The van der Waals surface area contributed by atoms with Gasteiger partial charge in [0, 0.05) is 37.8 Å². The maximum atomic E-state index is 6.12. The first kappa shape index (κ1) is 28.2. The molecular formula is C34H49N7. The van der Waals surface area contributed by atoms with Gasteiger partial charge in [-0.3, -0.25) is 4.90 Å². The van der Waals surface area contributed by atoms with Gasteiger partial charge < -0.3 is 15.3 Å². The molecule has 6 rings (SSSR count). The molecule has 0 aliphatic heterocycles. The number of imidazole rings is 1. The van der Waals surface area contributed by atoms with Crippen molar-refractivity contribution in [3.8, 4) is 0 Å². The lowest BCUT2D eigenvalue weighted by molar-refractivity contribution is 0.0468. The van der Waals surface area contributed by atoms with E-state index >= 15 is 0 Å². The quantitative estimate of drug-likeness (QED) is 0.229. The number of fused-ring (bicyclic) bond motifs is 2. The Balaban J connectivity index is 1.05. The largest absolute Gasteiger partial charge is 0.383 e. The second-order valence-corrected chi connectivity index (χ2v) is 14.6.